The van der Waals surface area contributed by atoms with Crippen LogP contribution in [0.15, 0.2) is 28.7 Å². The van der Waals surface area contributed by atoms with Crippen molar-refractivity contribution < 1.29 is 4.79 Å². The highest BCUT2D eigenvalue weighted by Gasteiger charge is 2.23. The Bertz CT molecular complexity index is 392. The first kappa shape index (κ1) is 15.1. The summed E-state index contributed by atoms with van der Waals surface area (Å²) in [5.41, 5.74) is 12.2. The van der Waals surface area contributed by atoms with Gasteiger partial charge in [0.05, 0.1) is 6.54 Å². The maximum atomic E-state index is 11.2. The zero-order valence-electron chi connectivity index (χ0n) is 10.8. The summed E-state index contributed by atoms with van der Waals surface area (Å²) in [5, 5.41) is 0. The van der Waals surface area contributed by atoms with Gasteiger partial charge in [0.2, 0.25) is 5.91 Å². The molecule has 4 N–H and O–H groups in total. The van der Waals surface area contributed by atoms with E-state index in [-0.39, 0.29) is 24.5 Å². The predicted molar refractivity (Wildman–Crippen MR) is 77.0 cm³/mol. The molecule has 0 bridgehead atoms. The first-order valence-corrected chi connectivity index (χ1v) is 6.74. The number of benzene rings is 1. The number of carbonyl (C=O) groups is 1. The van der Waals surface area contributed by atoms with E-state index < -0.39 is 0 Å². The molecule has 4 nitrogen and oxygen atoms in total. The van der Waals surface area contributed by atoms with Crippen LogP contribution in [0.1, 0.15) is 25.5 Å². The molecule has 1 amide bonds. The smallest absolute Gasteiger partial charge is 0.231 e. The predicted octanol–water partition coefficient (Wildman–Crippen LogP) is 1.64. The zero-order chi connectivity index (χ0) is 13.7. The Kier molecular flexibility index (Phi) is 5.78. The van der Waals surface area contributed by atoms with E-state index in [0.717, 1.165) is 10.0 Å². The van der Waals surface area contributed by atoms with E-state index in [1.807, 2.05) is 43.0 Å². The number of carbonyl (C=O) groups excluding carboxylic acids is 1. The fourth-order valence-electron chi connectivity index (χ4n) is 1.98. The van der Waals surface area contributed by atoms with Gasteiger partial charge in [0.15, 0.2) is 0 Å². The van der Waals surface area contributed by atoms with Crippen molar-refractivity contribution in [2.45, 2.75) is 25.9 Å². The molecule has 1 aromatic carbocycles. The third kappa shape index (κ3) is 4.08. The Hall–Kier alpha value is -0.910. The Balaban J connectivity index is 2.97. The maximum absolute atomic E-state index is 11.2. The largest absolute Gasteiger partial charge is 0.369 e. The molecule has 18 heavy (non-hydrogen) atoms. The molecule has 0 aromatic heterocycles. The van der Waals surface area contributed by atoms with Crippen LogP contribution in [-0.4, -0.2) is 29.9 Å². The van der Waals surface area contributed by atoms with E-state index >= 15 is 0 Å². The van der Waals surface area contributed by atoms with Crippen molar-refractivity contribution in [3.05, 3.63) is 34.3 Å². The van der Waals surface area contributed by atoms with Gasteiger partial charge in [0.25, 0.3) is 0 Å². The van der Waals surface area contributed by atoms with E-state index in [4.69, 9.17) is 11.5 Å². The van der Waals surface area contributed by atoms with Gasteiger partial charge in [-0.05, 0) is 31.5 Å². The second-order valence-corrected chi connectivity index (χ2v) is 5.45. The van der Waals surface area contributed by atoms with Crippen molar-refractivity contribution in [3.8, 4) is 0 Å². The molecule has 100 valence electrons. The SMILES string of the molecule is CC(C)N(CC(N)=O)C(CN)c1ccc(Br)cc1. The lowest BCUT2D eigenvalue weighted by atomic mass is 10.0. The van der Waals surface area contributed by atoms with Gasteiger partial charge in [-0.15, -0.1) is 0 Å². The van der Waals surface area contributed by atoms with E-state index in [2.05, 4.69) is 15.9 Å². The number of primary amides is 1. The zero-order valence-corrected chi connectivity index (χ0v) is 12.4. The minimum atomic E-state index is -0.334. The number of nitrogens with zero attached hydrogens (tertiary/aromatic N) is 1. The summed E-state index contributed by atoms with van der Waals surface area (Å²) >= 11 is 3.40. The molecule has 1 atom stereocenters. The second kappa shape index (κ2) is 6.87. The van der Waals surface area contributed by atoms with Crippen LogP contribution in [0, 0.1) is 0 Å². The molecule has 0 heterocycles. The summed E-state index contributed by atoms with van der Waals surface area (Å²) < 4.78 is 1.02. The molecule has 1 aromatic rings. The number of hydrogen-bond acceptors (Lipinski definition) is 3. The summed E-state index contributed by atoms with van der Waals surface area (Å²) in [6.07, 6.45) is 0. The molecule has 0 aliphatic heterocycles. The van der Waals surface area contributed by atoms with Crippen molar-refractivity contribution in [2.75, 3.05) is 13.1 Å². The van der Waals surface area contributed by atoms with Crippen molar-refractivity contribution >= 4 is 21.8 Å². The highest BCUT2D eigenvalue weighted by molar-refractivity contribution is 9.10. The van der Waals surface area contributed by atoms with Gasteiger partial charge in [-0.2, -0.15) is 0 Å². The van der Waals surface area contributed by atoms with Crippen LogP contribution >= 0.6 is 15.9 Å². The lowest BCUT2D eigenvalue weighted by Crippen LogP contribution is -2.43. The normalized spacial score (nSPS) is 13.0. The van der Waals surface area contributed by atoms with Gasteiger partial charge in [0.1, 0.15) is 0 Å². The molecule has 1 unspecified atom stereocenters. The van der Waals surface area contributed by atoms with Crippen molar-refractivity contribution in [3.63, 3.8) is 0 Å². The summed E-state index contributed by atoms with van der Waals surface area (Å²) in [7, 11) is 0. The van der Waals surface area contributed by atoms with Crippen LogP contribution in [0.2, 0.25) is 0 Å². The van der Waals surface area contributed by atoms with E-state index in [0.29, 0.717) is 6.54 Å². The lowest BCUT2D eigenvalue weighted by Gasteiger charge is -2.33. The molecule has 0 spiro atoms. The molecular formula is C13H20BrN3O. The fraction of sp³-hybridized carbons (Fsp3) is 0.462. The quantitative estimate of drug-likeness (QED) is 0.838. The molecule has 1 rings (SSSR count). The van der Waals surface area contributed by atoms with Gasteiger partial charge in [-0.3, -0.25) is 9.69 Å². The Morgan fingerprint density at radius 3 is 2.28 bits per heavy atom. The standard InChI is InChI=1S/C13H20BrN3O/c1-9(2)17(8-13(16)18)12(7-15)10-3-5-11(14)6-4-10/h3-6,9,12H,7-8,15H2,1-2H3,(H2,16,18). The summed E-state index contributed by atoms with van der Waals surface area (Å²) in [6, 6.07) is 8.18. The van der Waals surface area contributed by atoms with Crippen molar-refractivity contribution in [1.82, 2.24) is 4.90 Å². The molecule has 0 radical (unpaired) electrons. The van der Waals surface area contributed by atoms with Gasteiger partial charge in [-0.1, -0.05) is 28.1 Å². The van der Waals surface area contributed by atoms with Crippen LogP contribution in [-0.2, 0) is 4.79 Å². The van der Waals surface area contributed by atoms with Crippen LogP contribution in [0.3, 0.4) is 0 Å². The molecule has 0 aliphatic rings. The highest BCUT2D eigenvalue weighted by Crippen LogP contribution is 2.23. The van der Waals surface area contributed by atoms with Crippen LogP contribution < -0.4 is 11.5 Å². The summed E-state index contributed by atoms with van der Waals surface area (Å²) in [5.74, 6) is -0.334. The van der Waals surface area contributed by atoms with E-state index in [9.17, 15) is 4.79 Å². The fourth-order valence-corrected chi connectivity index (χ4v) is 2.24. The third-order valence-corrected chi connectivity index (χ3v) is 3.41. The van der Waals surface area contributed by atoms with Crippen LogP contribution in [0.25, 0.3) is 0 Å². The van der Waals surface area contributed by atoms with Crippen molar-refractivity contribution in [2.24, 2.45) is 11.5 Å². The maximum Gasteiger partial charge on any atom is 0.231 e. The van der Waals surface area contributed by atoms with Crippen LogP contribution in [0.5, 0.6) is 0 Å². The lowest BCUT2D eigenvalue weighted by molar-refractivity contribution is -0.120. The highest BCUT2D eigenvalue weighted by atomic mass is 79.9. The minimum absolute atomic E-state index is 0.00519. The topological polar surface area (TPSA) is 72.3 Å². The summed E-state index contributed by atoms with van der Waals surface area (Å²) in [4.78, 5) is 13.2. The van der Waals surface area contributed by atoms with E-state index in [1.54, 1.807) is 0 Å². The van der Waals surface area contributed by atoms with Crippen LogP contribution in [0.4, 0.5) is 0 Å². The Morgan fingerprint density at radius 2 is 1.89 bits per heavy atom. The van der Waals surface area contributed by atoms with Gasteiger partial charge < -0.3 is 11.5 Å². The van der Waals surface area contributed by atoms with Gasteiger partial charge >= 0.3 is 0 Å². The van der Waals surface area contributed by atoms with Gasteiger partial charge in [0, 0.05) is 23.1 Å². The van der Waals surface area contributed by atoms with Gasteiger partial charge in [-0.25, -0.2) is 0 Å². The average Bonchev–Trinajstić information content (AvgIpc) is 2.30. The molecular weight excluding hydrogens is 294 g/mol. The summed E-state index contributed by atoms with van der Waals surface area (Å²) in [6.45, 7) is 4.73. The first-order chi connectivity index (χ1) is 8.45. The number of rotatable bonds is 6. The number of halogens is 1. The van der Waals surface area contributed by atoms with E-state index in [1.165, 1.54) is 0 Å². The Morgan fingerprint density at radius 1 is 1.33 bits per heavy atom. The molecule has 0 saturated carbocycles. The average molecular weight is 314 g/mol. The minimum Gasteiger partial charge on any atom is -0.369 e. The van der Waals surface area contributed by atoms with Crippen molar-refractivity contribution in [1.29, 1.82) is 0 Å². The molecule has 0 fully saturated rings. The monoisotopic (exact) mass is 313 g/mol. The number of amides is 1. The number of nitrogens with two attached hydrogens (primary N) is 2. The first-order valence-electron chi connectivity index (χ1n) is 5.95. The molecule has 5 heteroatoms. The number of hydrogen-bond donors (Lipinski definition) is 2. The second-order valence-electron chi connectivity index (χ2n) is 4.54. The molecule has 0 aliphatic carbocycles. The third-order valence-electron chi connectivity index (χ3n) is 2.88. The Labute approximate surface area is 116 Å². The molecule has 0 saturated heterocycles.